The smallest absolute Gasteiger partial charge is 0.338 e. The highest BCUT2D eigenvalue weighted by molar-refractivity contribution is 5.89. The minimum atomic E-state index is -0.240. The van der Waals surface area contributed by atoms with Crippen LogP contribution in [0.15, 0.2) is 42.2 Å². The van der Waals surface area contributed by atoms with Crippen molar-refractivity contribution in [2.45, 2.75) is 57.5 Å². The highest BCUT2D eigenvalue weighted by Gasteiger charge is 2.34. The Bertz CT molecular complexity index is 546. The van der Waals surface area contributed by atoms with Crippen LogP contribution < -0.4 is 0 Å². The predicted octanol–water partition coefficient (Wildman–Crippen LogP) is 5.45. The van der Waals surface area contributed by atoms with Gasteiger partial charge >= 0.3 is 5.97 Å². The largest absolute Gasteiger partial charge is 0.458 e. The lowest BCUT2D eigenvalue weighted by Gasteiger charge is -2.36. The fraction of sp³-hybridized carbons (Fsp3) is 0.550. The molecule has 0 spiro atoms. The SMILES string of the molecule is O=C(OC(C1CC=C(F)CC1)C1CCCCC1)c1ccccc1. The van der Waals surface area contributed by atoms with Crippen molar-refractivity contribution >= 4 is 5.97 Å². The van der Waals surface area contributed by atoms with Crippen LogP contribution in [0.1, 0.15) is 61.7 Å². The van der Waals surface area contributed by atoms with Gasteiger partial charge in [-0.15, -0.1) is 0 Å². The van der Waals surface area contributed by atoms with Gasteiger partial charge < -0.3 is 4.74 Å². The lowest BCUT2D eigenvalue weighted by atomic mass is 9.76. The summed E-state index contributed by atoms with van der Waals surface area (Å²) in [5.74, 6) is 0.426. The van der Waals surface area contributed by atoms with E-state index in [4.69, 9.17) is 4.74 Å². The van der Waals surface area contributed by atoms with Crippen LogP contribution in [-0.4, -0.2) is 12.1 Å². The Balaban J connectivity index is 1.73. The molecule has 1 aromatic carbocycles. The maximum Gasteiger partial charge on any atom is 0.338 e. The molecule has 0 bridgehead atoms. The quantitative estimate of drug-likeness (QED) is 0.691. The van der Waals surface area contributed by atoms with Gasteiger partial charge in [0, 0.05) is 5.92 Å². The van der Waals surface area contributed by atoms with Crippen LogP contribution in [-0.2, 0) is 4.74 Å². The van der Waals surface area contributed by atoms with Crippen molar-refractivity contribution in [2.24, 2.45) is 11.8 Å². The number of ether oxygens (including phenoxy) is 1. The summed E-state index contributed by atoms with van der Waals surface area (Å²) in [7, 11) is 0. The summed E-state index contributed by atoms with van der Waals surface area (Å²) in [5, 5.41) is 0. The first kappa shape index (κ1) is 16.2. The molecule has 2 atom stereocenters. The molecule has 23 heavy (non-hydrogen) atoms. The Labute approximate surface area is 137 Å². The van der Waals surface area contributed by atoms with Crippen LogP contribution in [0.2, 0.25) is 0 Å². The number of esters is 1. The van der Waals surface area contributed by atoms with E-state index in [1.807, 2.05) is 18.2 Å². The molecule has 1 fully saturated rings. The summed E-state index contributed by atoms with van der Waals surface area (Å²) in [6.45, 7) is 0. The molecule has 2 unspecified atom stereocenters. The molecular formula is C20H25FO2. The summed E-state index contributed by atoms with van der Waals surface area (Å²) in [6.07, 6.45) is 9.49. The summed E-state index contributed by atoms with van der Waals surface area (Å²) < 4.78 is 19.3. The molecule has 1 saturated carbocycles. The number of benzene rings is 1. The minimum absolute atomic E-state index is 0.0157. The van der Waals surface area contributed by atoms with Gasteiger partial charge in [-0.05, 0) is 50.2 Å². The number of halogens is 1. The average Bonchev–Trinajstić information content (AvgIpc) is 2.62. The number of rotatable bonds is 4. The van der Waals surface area contributed by atoms with E-state index in [9.17, 15) is 9.18 Å². The van der Waals surface area contributed by atoms with Crippen molar-refractivity contribution in [3.8, 4) is 0 Å². The van der Waals surface area contributed by atoms with Gasteiger partial charge in [0.15, 0.2) is 0 Å². The normalized spacial score (nSPS) is 23.9. The van der Waals surface area contributed by atoms with Gasteiger partial charge in [0.1, 0.15) is 6.10 Å². The zero-order chi connectivity index (χ0) is 16.1. The van der Waals surface area contributed by atoms with Gasteiger partial charge in [-0.1, -0.05) is 43.5 Å². The van der Waals surface area contributed by atoms with E-state index < -0.39 is 0 Å². The molecule has 2 aliphatic rings. The standard InChI is InChI=1S/C20H25FO2/c21-18-13-11-16(12-14-18)19(15-7-3-1-4-8-15)23-20(22)17-9-5-2-6-10-17/h2,5-6,9-10,13,15-16,19H,1,3-4,7-8,11-12,14H2. The second-order valence-electron chi connectivity index (χ2n) is 6.82. The van der Waals surface area contributed by atoms with Crippen molar-refractivity contribution in [2.75, 3.05) is 0 Å². The highest BCUT2D eigenvalue weighted by Crippen LogP contribution is 2.37. The van der Waals surface area contributed by atoms with Crippen molar-refractivity contribution in [3.05, 3.63) is 47.8 Å². The topological polar surface area (TPSA) is 26.3 Å². The number of carbonyl (C=O) groups is 1. The van der Waals surface area contributed by atoms with Gasteiger partial charge in [0.2, 0.25) is 0 Å². The van der Waals surface area contributed by atoms with Crippen LogP contribution in [0.3, 0.4) is 0 Å². The zero-order valence-electron chi connectivity index (χ0n) is 13.5. The van der Waals surface area contributed by atoms with Gasteiger partial charge in [0.05, 0.1) is 11.4 Å². The van der Waals surface area contributed by atoms with Crippen LogP contribution in [0.5, 0.6) is 0 Å². The fourth-order valence-corrected chi connectivity index (χ4v) is 3.93. The van der Waals surface area contributed by atoms with E-state index in [-0.39, 0.29) is 23.8 Å². The highest BCUT2D eigenvalue weighted by atomic mass is 19.1. The van der Waals surface area contributed by atoms with Gasteiger partial charge in [0.25, 0.3) is 0 Å². The Morgan fingerprint density at radius 1 is 1.04 bits per heavy atom. The first-order chi connectivity index (χ1) is 11.2. The second-order valence-corrected chi connectivity index (χ2v) is 6.82. The van der Waals surface area contributed by atoms with E-state index in [1.165, 1.54) is 19.3 Å². The summed E-state index contributed by atoms with van der Waals surface area (Å²) in [6, 6.07) is 9.18. The molecule has 2 nitrogen and oxygen atoms in total. The number of hydrogen-bond donors (Lipinski definition) is 0. The molecule has 0 N–H and O–H groups in total. The first-order valence-electron chi connectivity index (χ1n) is 8.84. The first-order valence-corrected chi connectivity index (χ1v) is 8.84. The number of allylic oxidation sites excluding steroid dienone is 2. The van der Waals surface area contributed by atoms with Crippen molar-refractivity contribution in [1.82, 2.24) is 0 Å². The molecule has 2 aliphatic carbocycles. The lowest BCUT2D eigenvalue weighted by Crippen LogP contribution is -2.36. The van der Waals surface area contributed by atoms with Crippen molar-refractivity contribution in [3.63, 3.8) is 0 Å². The third-order valence-corrected chi connectivity index (χ3v) is 5.23. The monoisotopic (exact) mass is 316 g/mol. The Morgan fingerprint density at radius 2 is 1.78 bits per heavy atom. The summed E-state index contributed by atoms with van der Waals surface area (Å²) in [4.78, 5) is 12.5. The molecule has 0 aliphatic heterocycles. The van der Waals surface area contributed by atoms with Crippen LogP contribution in [0.4, 0.5) is 4.39 Å². The van der Waals surface area contributed by atoms with Gasteiger partial charge in [-0.3, -0.25) is 0 Å². The Hall–Kier alpha value is -1.64. The molecule has 3 heteroatoms. The predicted molar refractivity (Wildman–Crippen MR) is 88.8 cm³/mol. The molecular weight excluding hydrogens is 291 g/mol. The Kier molecular flexibility index (Phi) is 5.47. The van der Waals surface area contributed by atoms with Crippen LogP contribution in [0.25, 0.3) is 0 Å². The number of carbonyl (C=O) groups excluding carboxylic acids is 1. The van der Waals surface area contributed by atoms with E-state index in [0.717, 1.165) is 19.3 Å². The van der Waals surface area contributed by atoms with E-state index in [1.54, 1.807) is 18.2 Å². The zero-order valence-corrected chi connectivity index (χ0v) is 13.5. The molecule has 3 rings (SSSR count). The average molecular weight is 316 g/mol. The molecule has 1 aromatic rings. The maximum absolute atomic E-state index is 13.3. The van der Waals surface area contributed by atoms with Gasteiger partial charge in [-0.25, -0.2) is 9.18 Å². The van der Waals surface area contributed by atoms with E-state index in [2.05, 4.69) is 0 Å². The maximum atomic E-state index is 13.3. The molecule has 124 valence electrons. The van der Waals surface area contributed by atoms with Crippen molar-refractivity contribution in [1.29, 1.82) is 0 Å². The summed E-state index contributed by atoms with van der Waals surface area (Å²) >= 11 is 0. The van der Waals surface area contributed by atoms with Crippen LogP contribution >= 0.6 is 0 Å². The van der Waals surface area contributed by atoms with Crippen LogP contribution in [0, 0.1) is 11.8 Å². The number of hydrogen-bond acceptors (Lipinski definition) is 2. The summed E-state index contributed by atoms with van der Waals surface area (Å²) in [5.41, 5.74) is 0.603. The minimum Gasteiger partial charge on any atom is -0.458 e. The Morgan fingerprint density at radius 3 is 2.43 bits per heavy atom. The molecule has 0 saturated heterocycles. The molecule has 0 amide bonds. The molecule has 0 radical (unpaired) electrons. The third kappa shape index (κ3) is 4.21. The van der Waals surface area contributed by atoms with Gasteiger partial charge in [-0.2, -0.15) is 0 Å². The lowest BCUT2D eigenvalue weighted by molar-refractivity contribution is -0.0184. The third-order valence-electron chi connectivity index (χ3n) is 5.23. The second kappa shape index (κ2) is 7.76. The fourth-order valence-electron chi connectivity index (χ4n) is 3.93. The molecule has 0 aromatic heterocycles. The van der Waals surface area contributed by atoms with E-state index in [0.29, 0.717) is 24.3 Å². The van der Waals surface area contributed by atoms with E-state index >= 15 is 0 Å². The molecule has 0 heterocycles. The van der Waals surface area contributed by atoms with Crippen molar-refractivity contribution < 1.29 is 13.9 Å².